The molecule has 1 heterocycles. The fourth-order valence-electron chi connectivity index (χ4n) is 3.48. The van der Waals surface area contributed by atoms with Gasteiger partial charge in [0, 0.05) is 10.9 Å². The van der Waals surface area contributed by atoms with Crippen LogP contribution in [0.3, 0.4) is 0 Å². The minimum atomic E-state index is 0.428. The second-order valence-electron chi connectivity index (χ2n) is 5.14. The summed E-state index contributed by atoms with van der Waals surface area (Å²) in [6.07, 6.45) is 6.91. The summed E-state index contributed by atoms with van der Waals surface area (Å²) in [7, 11) is 0. The highest BCUT2D eigenvalue weighted by atomic mass is 32.1. The highest BCUT2D eigenvalue weighted by molar-refractivity contribution is 7.09. The van der Waals surface area contributed by atoms with Crippen molar-refractivity contribution in [3.63, 3.8) is 0 Å². The topological polar surface area (TPSA) is 26.0 Å². The van der Waals surface area contributed by atoms with Crippen LogP contribution in [0, 0.1) is 17.8 Å². The largest absolute Gasteiger partial charge is 0.327 e. The Balaban J connectivity index is 1.59. The number of hydrogen-bond acceptors (Lipinski definition) is 2. The molecule has 1 nitrogen and oxygen atoms in total. The third-order valence-corrected chi connectivity index (χ3v) is 5.13. The summed E-state index contributed by atoms with van der Waals surface area (Å²) in [6, 6.07) is 4.78. The third-order valence-electron chi connectivity index (χ3n) is 4.23. The third kappa shape index (κ3) is 1.85. The molecule has 2 aliphatic rings. The summed E-state index contributed by atoms with van der Waals surface area (Å²) in [4.78, 5) is 1.46. The Labute approximate surface area is 95.7 Å². The molecule has 2 fully saturated rings. The lowest BCUT2D eigenvalue weighted by atomic mass is 10.0. The summed E-state index contributed by atoms with van der Waals surface area (Å²) >= 11 is 1.85. The molecule has 0 saturated heterocycles. The molecule has 2 N–H and O–H groups in total. The van der Waals surface area contributed by atoms with Crippen LogP contribution in [0.4, 0.5) is 0 Å². The molecule has 0 radical (unpaired) electrons. The SMILES string of the molecule is NC(Cc1cccs1)C1C2CCCCC21. The monoisotopic (exact) mass is 221 g/mol. The van der Waals surface area contributed by atoms with E-state index in [1.165, 1.54) is 30.6 Å². The van der Waals surface area contributed by atoms with Crippen molar-refractivity contribution >= 4 is 11.3 Å². The maximum absolute atomic E-state index is 6.34. The summed E-state index contributed by atoms with van der Waals surface area (Å²) in [6.45, 7) is 0. The maximum atomic E-state index is 6.34. The highest BCUT2D eigenvalue weighted by Crippen LogP contribution is 2.56. The summed E-state index contributed by atoms with van der Waals surface area (Å²) in [5.74, 6) is 2.84. The van der Waals surface area contributed by atoms with E-state index in [1.807, 2.05) is 11.3 Å². The van der Waals surface area contributed by atoms with Gasteiger partial charge >= 0.3 is 0 Å². The van der Waals surface area contributed by atoms with Crippen LogP contribution in [-0.4, -0.2) is 6.04 Å². The molecule has 82 valence electrons. The maximum Gasteiger partial charge on any atom is 0.0121 e. The Kier molecular flexibility index (Phi) is 2.57. The zero-order valence-corrected chi connectivity index (χ0v) is 9.88. The minimum absolute atomic E-state index is 0.428. The van der Waals surface area contributed by atoms with Crippen LogP contribution in [0.5, 0.6) is 0 Å². The molecule has 0 amide bonds. The summed E-state index contributed by atoms with van der Waals surface area (Å²) < 4.78 is 0. The average Bonchev–Trinajstić information content (AvgIpc) is 2.77. The van der Waals surface area contributed by atoms with Gasteiger partial charge in [-0.2, -0.15) is 0 Å². The molecule has 2 saturated carbocycles. The van der Waals surface area contributed by atoms with Crippen molar-refractivity contribution in [2.24, 2.45) is 23.5 Å². The standard InChI is InChI=1S/C13H19NS/c14-12(8-9-4-3-7-15-9)13-10-5-1-2-6-11(10)13/h3-4,7,10-13H,1-2,5-6,8,14H2. The number of hydrogen-bond donors (Lipinski definition) is 1. The van der Waals surface area contributed by atoms with Crippen LogP contribution in [-0.2, 0) is 6.42 Å². The smallest absolute Gasteiger partial charge is 0.0121 e. The first-order valence-electron chi connectivity index (χ1n) is 6.14. The van der Waals surface area contributed by atoms with Crippen LogP contribution in [0.25, 0.3) is 0 Å². The quantitative estimate of drug-likeness (QED) is 0.834. The van der Waals surface area contributed by atoms with Crippen molar-refractivity contribution in [1.82, 2.24) is 0 Å². The Morgan fingerprint density at radius 2 is 2.07 bits per heavy atom. The summed E-state index contributed by atoms with van der Waals surface area (Å²) in [5, 5.41) is 2.15. The van der Waals surface area contributed by atoms with Gasteiger partial charge in [0.25, 0.3) is 0 Å². The Hall–Kier alpha value is -0.340. The predicted molar refractivity (Wildman–Crippen MR) is 64.9 cm³/mol. The predicted octanol–water partition coefficient (Wildman–Crippen LogP) is 3.05. The Morgan fingerprint density at radius 1 is 1.33 bits per heavy atom. The van der Waals surface area contributed by atoms with Gasteiger partial charge in [0.05, 0.1) is 0 Å². The number of thiophene rings is 1. The van der Waals surface area contributed by atoms with Crippen LogP contribution in [0.2, 0.25) is 0 Å². The fourth-order valence-corrected chi connectivity index (χ4v) is 4.26. The zero-order valence-electron chi connectivity index (χ0n) is 9.06. The molecule has 2 aliphatic carbocycles. The highest BCUT2D eigenvalue weighted by Gasteiger charge is 2.52. The van der Waals surface area contributed by atoms with Crippen LogP contribution in [0.15, 0.2) is 17.5 Å². The van der Waals surface area contributed by atoms with Gasteiger partial charge in [-0.3, -0.25) is 0 Å². The first kappa shape index (κ1) is 9.86. The number of nitrogens with two attached hydrogens (primary N) is 1. The van der Waals surface area contributed by atoms with E-state index in [9.17, 15) is 0 Å². The molecule has 15 heavy (non-hydrogen) atoms. The van der Waals surface area contributed by atoms with Gasteiger partial charge in [-0.1, -0.05) is 18.9 Å². The molecule has 0 aliphatic heterocycles. The van der Waals surface area contributed by atoms with Gasteiger partial charge < -0.3 is 5.73 Å². The Bertz CT molecular complexity index is 307. The first-order chi connectivity index (χ1) is 7.36. The van der Waals surface area contributed by atoms with Gasteiger partial charge in [-0.25, -0.2) is 0 Å². The molecule has 3 rings (SSSR count). The number of fused-ring (bicyclic) bond motifs is 1. The lowest BCUT2D eigenvalue weighted by molar-refractivity contribution is 0.480. The van der Waals surface area contributed by atoms with Crippen LogP contribution < -0.4 is 5.73 Å². The molecule has 1 aromatic rings. The van der Waals surface area contributed by atoms with E-state index in [2.05, 4.69) is 17.5 Å². The molecule has 0 aromatic carbocycles. The average molecular weight is 221 g/mol. The first-order valence-corrected chi connectivity index (χ1v) is 7.02. The van der Waals surface area contributed by atoms with E-state index < -0.39 is 0 Å². The van der Waals surface area contributed by atoms with Crippen LogP contribution >= 0.6 is 11.3 Å². The lowest BCUT2D eigenvalue weighted by Gasteiger charge is -2.09. The van der Waals surface area contributed by atoms with Gasteiger partial charge in [0.2, 0.25) is 0 Å². The van der Waals surface area contributed by atoms with Crippen molar-refractivity contribution in [2.75, 3.05) is 0 Å². The molecular weight excluding hydrogens is 202 g/mol. The fraction of sp³-hybridized carbons (Fsp3) is 0.692. The van der Waals surface area contributed by atoms with Gasteiger partial charge in [0.1, 0.15) is 0 Å². The normalized spacial score (nSPS) is 35.9. The molecule has 0 spiro atoms. The number of rotatable bonds is 3. The van der Waals surface area contributed by atoms with Crippen molar-refractivity contribution in [3.05, 3.63) is 22.4 Å². The zero-order chi connectivity index (χ0) is 10.3. The van der Waals surface area contributed by atoms with Crippen molar-refractivity contribution in [2.45, 2.75) is 38.1 Å². The van der Waals surface area contributed by atoms with Crippen molar-refractivity contribution in [1.29, 1.82) is 0 Å². The summed E-state index contributed by atoms with van der Waals surface area (Å²) in [5.41, 5.74) is 6.34. The van der Waals surface area contributed by atoms with E-state index in [1.54, 1.807) is 0 Å². The molecule has 1 aromatic heterocycles. The van der Waals surface area contributed by atoms with Crippen molar-refractivity contribution in [3.8, 4) is 0 Å². The van der Waals surface area contributed by atoms with Gasteiger partial charge in [0.15, 0.2) is 0 Å². The Morgan fingerprint density at radius 3 is 2.67 bits per heavy atom. The second kappa shape index (κ2) is 3.91. The van der Waals surface area contributed by atoms with E-state index in [0.29, 0.717) is 6.04 Å². The minimum Gasteiger partial charge on any atom is -0.327 e. The molecular formula is C13H19NS. The van der Waals surface area contributed by atoms with Gasteiger partial charge in [-0.05, 0) is 48.5 Å². The second-order valence-corrected chi connectivity index (χ2v) is 6.17. The van der Waals surface area contributed by atoms with Gasteiger partial charge in [-0.15, -0.1) is 11.3 Å². The van der Waals surface area contributed by atoms with E-state index in [0.717, 1.165) is 24.2 Å². The van der Waals surface area contributed by atoms with E-state index in [4.69, 9.17) is 5.73 Å². The molecule has 0 bridgehead atoms. The van der Waals surface area contributed by atoms with Crippen LogP contribution in [0.1, 0.15) is 30.6 Å². The van der Waals surface area contributed by atoms with E-state index >= 15 is 0 Å². The molecule has 2 heteroatoms. The lowest BCUT2D eigenvalue weighted by Crippen LogP contribution is -2.26. The van der Waals surface area contributed by atoms with E-state index in [-0.39, 0.29) is 0 Å². The van der Waals surface area contributed by atoms with Crippen molar-refractivity contribution < 1.29 is 0 Å². The molecule has 3 atom stereocenters. The molecule has 3 unspecified atom stereocenters.